The molecule has 1 saturated heterocycles. The largest absolute Gasteiger partial charge is 0.379 e. The lowest BCUT2D eigenvalue weighted by atomic mass is 10.2. The first kappa shape index (κ1) is 14.2. The smallest absolute Gasteiger partial charge is 0.0611 e. The Morgan fingerprint density at radius 1 is 1.44 bits per heavy atom. The van der Waals surface area contributed by atoms with Gasteiger partial charge in [-0.05, 0) is 24.1 Å². The predicted molar refractivity (Wildman–Crippen MR) is 78.5 cm³/mol. The van der Waals surface area contributed by atoms with E-state index < -0.39 is 0 Å². The normalized spacial score (nSPS) is 16.0. The highest BCUT2D eigenvalue weighted by molar-refractivity contribution is 8.00. The van der Waals surface area contributed by atoms with Gasteiger partial charge >= 0.3 is 0 Å². The molecule has 2 rings (SSSR count). The van der Waals surface area contributed by atoms with E-state index in [1.807, 2.05) is 23.9 Å². The van der Waals surface area contributed by atoms with Gasteiger partial charge in [-0.15, -0.1) is 11.8 Å². The minimum absolute atomic E-state index is 0.564. The number of hydrogen-bond donors (Lipinski definition) is 1. The van der Waals surface area contributed by atoms with Crippen LogP contribution in [-0.2, 0) is 11.3 Å². The lowest BCUT2D eigenvalue weighted by Crippen LogP contribution is -2.30. The van der Waals surface area contributed by atoms with E-state index in [9.17, 15) is 0 Å². The van der Waals surface area contributed by atoms with E-state index in [2.05, 4.69) is 25.2 Å². The Balaban J connectivity index is 2.00. The average molecular weight is 286 g/mol. The highest BCUT2D eigenvalue weighted by atomic mass is 35.5. The van der Waals surface area contributed by atoms with Gasteiger partial charge in [0.1, 0.15) is 0 Å². The summed E-state index contributed by atoms with van der Waals surface area (Å²) in [5, 5.41) is 4.90. The maximum Gasteiger partial charge on any atom is 0.0611 e. The van der Waals surface area contributed by atoms with Crippen molar-refractivity contribution >= 4 is 23.4 Å². The Morgan fingerprint density at radius 3 is 2.83 bits per heavy atom. The summed E-state index contributed by atoms with van der Waals surface area (Å²) in [5.41, 5.74) is 1.29. The molecule has 1 heterocycles. The van der Waals surface area contributed by atoms with Crippen molar-refractivity contribution in [1.29, 1.82) is 0 Å². The summed E-state index contributed by atoms with van der Waals surface area (Å²) in [6.07, 6.45) is 0. The van der Waals surface area contributed by atoms with Gasteiger partial charge in [0, 0.05) is 11.4 Å². The van der Waals surface area contributed by atoms with Crippen molar-refractivity contribution in [3.05, 3.63) is 28.8 Å². The van der Waals surface area contributed by atoms with Crippen molar-refractivity contribution in [1.82, 2.24) is 5.32 Å². The first-order chi connectivity index (χ1) is 8.66. The maximum absolute atomic E-state index is 6.31. The number of nitrogens with one attached hydrogen (secondary N) is 1. The van der Waals surface area contributed by atoms with E-state index in [-0.39, 0.29) is 0 Å². The van der Waals surface area contributed by atoms with Crippen LogP contribution in [0.3, 0.4) is 0 Å². The average Bonchev–Trinajstić information content (AvgIpc) is 2.25. The quantitative estimate of drug-likeness (QED) is 0.863. The molecule has 0 spiro atoms. The van der Waals surface area contributed by atoms with Gasteiger partial charge in [0.2, 0.25) is 0 Å². The topological polar surface area (TPSA) is 21.3 Å². The molecule has 0 atom stereocenters. The fourth-order valence-electron chi connectivity index (χ4n) is 1.77. The lowest BCUT2D eigenvalue weighted by Gasteiger charge is -2.26. The monoisotopic (exact) mass is 285 g/mol. The molecule has 18 heavy (non-hydrogen) atoms. The molecule has 0 unspecified atom stereocenters. The standard InChI is InChI=1S/C14H20ClNOS/c1-10(2)6-16-7-11-4-3-5-13(15)14(11)18-12-8-17-9-12/h3-5,10,12,16H,6-9H2,1-2H3. The van der Waals surface area contributed by atoms with Crippen molar-refractivity contribution in [3.8, 4) is 0 Å². The maximum atomic E-state index is 6.31. The predicted octanol–water partition coefficient (Wildman–Crippen LogP) is 3.58. The van der Waals surface area contributed by atoms with Gasteiger partial charge in [-0.3, -0.25) is 0 Å². The van der Waals surface area contributed by atoms with Crippen molar-refractivity contribution in [3.63, 3.8) is 0 Å². The minimum Gasteiger partial charge on any atom is -0.379 e. The Labute approximate surface area is 118 Å². The van der Waals surface area contributed by atoms with E-state index in [0.717, 1.165) is 31.3 Å². The summed E-state index contributed by atoms with van der Waals surface area (Å²) in [4.78, 5) is 1.21. The van der Waals surface area contributed by atoms with Crippen LogP contribution in [0.2, 0.25) is 5.02 Å². The van der Waals surface area contributed by atoms with Crippen LogP contribution in [-0.4, -0.2) is 25.0 Å². The van der Waals surface area contributed by atoms with Gasteiger partial charge in [-0.25, -0.2) is 0 Å². The van der Waals surface area contributed by atoms with Crippen LogP contribution < -0.4 is 5.32 Å². The lowest BCUT2D eigenvalue weighted by molar-refractivity contribution is 0.0455. The molecule has 100 valence electrons. The van der Waals surface area contributed by atoms with Gasteiger partial charge in [-0.1, -0.05) is 37.6 Å². The molecule has 1 aromatic carbocycles. The van der Waals surface area contributed by atoms with Crippen molar-refractivity contribution in [2.24, 2.45) is 5.92 Å². The van der Waals surface area contributed by atoms with Crippen LogP contribution in [0.5, 0.6) is 0 Å². The zero-order valence-corrected chi connectivity index (χ0v) is 12.5. The third kappa shape index (κ3) is 3.89. The highest BCUT2D eigenvalue weighted by Gasteiger charge is 2.22. The summed E-state index contributed by atoms with van der Waals surface area (Å²) >= 11 is 8.15. The molecule has 0 radical (unpaired) electrons. The molecule has 0 amide bonds. The number of halogens is 1. The van der Waals surface area contributed by atoms with Gasteiger partial charge in [-0.2, -0.15) is 0 Å². The molecule has 1 N–H and O–H groups in total. The van der Waals surface area contributed by atoms with Gasteiger partial charge in [0.15, 0.2) is 0 Å². The van der Waals surface area contributed by atoms with Crippen LogP contribution >= 0.6 is 23.4 Å². The molecular weight excluding hydrogens is 266 g/mol. The molecule has 0 bridgehead atoms. The summed E-state index contributed by atoms with van der Waals surface area (Å²) in [5.74, 6) is 0.667. The van der Waals surface area contributed by atoms with Crippen LogP contribution in [0.4, 0.5) is 0 Å². The number of thioether (sulfide) groups is 1. The molecule has 0 saturated carbocycles. The van der Waals surface area contributed by atoms with Crippen molar-refractivity contribution < 1.29 is 4.74 Å². The molecule has 1 fully saturated rings. The summed E-state index contributed by atoms with van der Waals surface area (Å²) in [6, 6.07) is 6.15. The second-order valence-electron chi connectivity index (χ2n) is 5.03. The van der Waals surface area contributed by atoms with E-state index in [1.54, 1.807) is 0 Å². The molecular formula is C14H20ClNOS. The molecule has 1 aromatic rings. The van der Waals surface area contributed by atoms with E-state index in [0.29, 0.717) is 11.2 Å². The first-order valence-electron chi connectivity index (χ1n) is 6.39. The Kier molecular flexibility index (Phi) is 5.37. The van der Waals surface area contributed by atoms with E-state index >= 15 is 0 Å². The van der Waals surface area contributed by atoms with Crippen LogP contribution in [0.15, 0.2) is 23.1 Å². The summed E-state index contributed by atoms with van der Waals surface area (Å²) in [7, 11) is 0. The second kappa shape index (κ2) is 6.80. The van der Waals surface area contributed by atoms with Gasteiger partial charge in [0.25, 0.3) is 0 Å². The number of benzene rings is 1. The van der Waals surface area contributed by atoms with Crippen LogP contribution in [0.25, 0.3) is 0 Å². The summed E-state index contributed by atoms with van der Waals surface area (Å²) < 4.78 is 5.22. The first-order valence-corrected chi connectivity index (χ1v) is 7.65. The van der Waals surface area contributed by atoms with Crippen LogP contribution in [0, 0.1) is 5.92 Å². The Hall–Kier alpha value is -0.220. The Bertz CT molecular complexity index is 393. The summed E-state index contributed by atoms with van der Waals surface area (Å²) in [6.45, 7) is 8.03. The minimum atomic E-state index is 0.564. The molecule has 4 heteroatoms. The molecule has 1 aliphatic heterocycles. The van der Waals surface area contributed by atoms with Crippen LogP contribution in [0.1, 0.15) is 19.4 Å². The van der Waals surface area contributed by atoms with Crippen molar-refractivity contribution in [2.45, 2.75) is 30.5 Å². The third-order valence-electron chi connectivity index (χ3n) is 2.81. The molecule has 0 aromatic heterocycles. The zero-order chi connectivity index (χ0) is 13.0. The number of rotatable bonds is 6. The molecule has 1 aliphatic rings. The van der Waals surface area contributed by atoms with E-state index in [1.165, 1.54) is 10.5 Å². The second-order valence-corrected chi connectivity index (χ2v) is 6.75. The fourth-order valence-corrected chi connectivity index (χ4v) is 3.23. The number of ether oxygens (including phenoxy) is 1. The molecule has 0 aliphatic carbocycles. The van der Waals surface area contributed by atoms with E-state index in [4.69, 9.17) is 16.3 Å². The van der Waals surface area contributed by atoms with Gasteiger partial charge in [0.05, 0.1) is 23.5 Å². The SMILES string of the molecule is CC(C)CNCc1cccc(Cl)c1SC1COC1. The molecule has 2 nitrogen and oxygen atoms in total. The fraction of sp³-hybridized carbons (Fsp3) is 0.571. The zero-order valence-electron chi connectivity index (χ0n) is 10.9. The highest BCUT2D eigenvalue weighted by Crippen LogP contribution is 2.36. The number of hydrogen-bond acceptors (Lipinski definition) is 3. The third-order valence-corrected chi connectivity index (χ3v) is 4.56. The van der Waals surface area contributed by atoms with Gasteiger partial charge < -0.3 is 10.1 Å². The Morgan fingerprint density at radius 2 is 2.22 bits per heavy atom. The van der Waals surface area contributed by atoms with Crippen molar-refractivity contribution in [2.75, 3.05) is 19.8 Å².